The number of carbonyl (C=O) groups excluding carboxylic acids is 1. The van der Waals surface area contributed by atoms with Crippen LogP contribution >= 0.6 is 0 Å². The predicted molar refractivity (Wildman–Crippen MR) is 80.3 cm³/mol. The summed E-state index contributed by atoms with van der Waals surface area (Å²) in [5.74, 6) is 0.0660. The number of likely N-dealkylation sites (N-methyl/N-ethyl adjacent to an activating group) is 1. The highest BCUT2D eigenvalue weighted by molar-refractivity contribution is 5.98. The second-order valence-corrected chi connectivity index (χ2v) is 4.84. The number of hydrogen-bond donors (Lipinski definition) is 0. The van der Waals surface area contributed by atoms with Crippen LogP contribution in [0.3, 0.4) is 0 Å². The number of rotatable bonds is 4. The van der Waals surface area contributed by atoms with Gasteiger partial charge in [-0.3, -0.25) is 4.79 Å². The molecule has 0 saturated carbocycles. The van der Waals surface area contributed by atoms with E-state index in [0.717, 1.165) is 21.9 Å². The molecular weight excluding hydrogens is 234 g/mol. The summed E-state index contributed by atoms with van der Waals surface area (Å²) >= 11 is 0. The van der Waals surface area contributed by atoms with Crippen LogP contribution in [0.5, 0.6) is 0 Å². The number of benzene rings is 2. The molecular formula is C17H19NO. The zero-order valence-corrected chi connectivity index (χ0v) is 11.5. The third-order valence-electron chi connectivity index (χ3n) is 3.13. The largest absolute Gasteiger partial charge is 0.335 e. The Morgan fingerprint density at radius 2 is 1.84 bits per heavy atom. The molecule has 0 heterocycles. The fraction of sp³-hybridized carbons (Fsp3) is 0.235. The van der Waals surface area contributed by atoms with Crippen LogP contribution in [0.25, 0.3) is 10.8 Å². The van der Waals surface area contributed by atoms with Crippen LogP contribution in [0.2, 0.25) is 0 Å². The highest BCUT2D eigenvalue weighted by atomic mass is 16.2. The summed E-state index contributed by atoms with van der Waals surface area (Å²) in [5.41, 5.74) is 1.73. The maximum absolute atomic E-state index is 12.4. The van der Waals surface area contributed by atoms with Gasteiger partial charge >= 0.3 is 0 Å². The van der Waals surface area contributed by atoms with Gasteiger partial charge in [0.2, 0.25) is 0 Å². The molecule has 19 heavy (non-hydrogen) atoms. The lowest BCUT2D eigenvalue weighted by molar-refractivity contribution is 0.0778. The first kappa shape index (κ1) is 13.3. The minimum Gasteiger partial charge on any atom is -0.335 e. The Labute approximate surface area is 114 Å². The predicted octanol–water partition coefficient (Wildman–Crippen LogP) is 3.88. The first-order valence-electron chi connectivity index (χ1n) is 6.54. The molecule has 0 N–H and O–H groups in total. The normalized spacial score (nSPS) is 10.4. The summed E-state index contributed by atoms with van der Waals surface area (Å²) in [6, 6.07) is 13.9. The second kappa shape index (κ2) is 5.70. The molecule has 0 unspecified atom stereocenters. The van der Waals surface area contributed by atoms with E-state index in [1.165, 1.54) is 0 Å². The monoisotopic (exact) mass is 253 g/mol. The van der Waals surface area contributed by atoms with Gasteiger partial charge in [0, 0.05) is 18.7 Å². The van der Waals surface area contributed by atoms with E-state index in [2.05, 4.69) is 12.6 Å². The average molecular weight is 253 g/mol. The average Bonchev–Trinajstić information content (AvgIpc) is 2.43. The first-order valence-corrected chi connectivity index (χ1v) is 6.54. The third-order valence-corrected chi connectivity index (χ3v) is 3.13. The van der Waals surface area contributed by atoms with Crippen LogP contribution in [0.15, 0.2) is 54.6 Å². The van der Waals surface area contributed by atoms with E-state index in [9.17, 15) is 4.79 Å². The van der Waals surface area contributed by atoms with Crippen molar-refractivity contribution in [3.8, 4) is 0 Å². The molecule has 0 aliphatic heterocycles. The Bertz CT molecular complexity index is 615. The number of hydrogen-bond acceptors (Lipinski definition) is 1. The lowest BCUT2D eigenvalue weighted by atomic mass is 10.1. The molecule has 1 amide bonds. The van der Waals surface area contributed by atoms with E-state index in [4.69, 9.17) is 0 Å². The molecule has 0 saturated heterocycles. The highest BCUT2D eigenvalue weighted by Crippen LogP contribution is 2.17. The smallest absolute Gasteiger partial charge is 0.254 e. The molecule has 0 aliphatic rings. The molecule has 2 aromatic rings. The zero-order valence-electron chi connectivity index (χ0n) is 11.5. The highest BCUT2D eigenvalue weighted by Gasteiger charge is 2.14. The Kier molecular flexibility index (Phi) is 4.00. The van der Waals surface area contributed by atoms with Crippen molar-refractivity contribution in [3.63, 3.8) is 0 Å². The van der Waals surface area contributed by atoms with Crippen LogP contribution in [-0.4, -0.2) is 23.9 Å². The number of fused-ring (bicyclic) bond motifs is 1. The van der Waals surface area contributed by atoms with Crippen molar-refractivity contribution in [2.75, 3.05) is 13.1 Å². The Balaban J connectivity index is 2.32. The van der Waals surface area contributed by atoms with E-state index in [1.54, 1.807) is 0 Å². The molecule has 2 rings (SSSR count). The van der Waals surface area contributed by atoms with Gasteiger partial charge in [-0.05, 0) is 36.8 Å². The summed E-state index contributed by atoms with van der Waals surface area (Å²) < 4.78 is 0. The quantitative estimate of drug-likeness (QED) is 0.757. The number of nitrogens with zero attached hydrogens (tertiary/aromatic N) is 1. The maximum atomic E-state index is 12.4. The standard InChI is InChI=1S/C17H19NO/c1-4-18(12-13(2)3)17(19)16-10-9-14-7-5-6-8-15(14)11-16/h5-11H,2,4,12H2,1,3H3. The van der Waals surface area contributed by atoms with Gasteiger partial charge in [-0.25, -0.2) is 0 Å². The molecule has 0 radical (unpaired) electrons. The van der Waals surface area contributed by atoms with Gasteiger partial charge in [0.1, 0.15) is 0 Å². The molecule has 98 valence electrons. The van der Waals surface area contributed by atoms with Crippen LogP contribution in [-0.2, 0) is 0 Å². The molecule has 0 aliphatic carbocycles. The van der Waals surface area contributed by atoms with Crippen molar-refractivity contribution in [2.45, 2.75) is 13.8 Å². The van der Waals surface area contributed by atoms with Crippen LogP contribution in [0.1, 0.15) is 24.2 Å². The van der Waals surface area contributed by atoms with Gasteiger partial charge in [-0.15, -0.1) is 0 Å². The SMILES string of the molecule is C=C(C)CN(CC)C(=O)c1ccc2ccccc2c1. The summed E-state index contributed by atoms with van der Waals surface area (Å²) in [5, 5.41) is 2.25. The molecule has 2 heteroatoms. The Hall–Kier alpha value is -2.09. The van der Waals surface area contributed by atoms with Crippen molar-refractivity contribution in [3.05, 3.63) is 60.2 Å². The van der Waals surface area contributed by atoms with Gasteiger partial charge < -0.3 is 4.90 Å². The minimum atomic E-state index is 0.0660. The van der Waals surface area contributed by atoms with Gasteiger partial charge in [0.25, 0.3) is 5.91 Å². The van der Waals surface area contributed by atoms with E-state index in [1.807, 2.05) is 55.1 Å². The fourth-order valence-electron chi connectivity index (χ4n) is 2.16. The van der Waals surface area contributed by atoms with Gasteiger partial charge in [0.15, 0.2) is 0 Å². The minimum absolute atomic E-state index is 0.0660. The molecule has 0 aromatic heterocycles. The molecule has 0 atom stereocenters. The topological polar surface area (TPSA) is 20.3 Å². The molecule has 2 aromatic carbocycles. The van der Waals surface area contributed by atoms with E-state index >= 15 is 0 Å². The van der Waals surface area contributed by atoms with Crippen molar-refractivity contribution < 1.29 is 4.79 Å². The molecule has 0 fully saturated rings. The van der Waals surface area contributed by atoms with Crippen molar-refractivity contribution in [1.29, 1.82) is 0 Å². The Morgan fingerprint density at radius 3 is 2.47 bits per heavy atom. The van der Waals surface area contributed by atoms with E-state index < -0.39 is 0 Å². The fourth-order valence-corrected chi connectivity index (χ4v) is 2.16. The van der Waals surface area contributed by atoms with Gasteiger partial charge in [-0.1, -0.05) is 42.5 Å². The molecule has 2 nitrogen and oxygen atoms in total. The summed E-state index contributed by atoms with van der Waals surface area (Å²) in [6.45, 7) is 9.11. The van der Waals surface area contributed by atoms with E-state index in [0.29, 0.717) is 13.1 Å². The third kappa shape index (κ3) is 3.02. The van der Waals surface area contributed by atoms with Crippen molar-refractivity contribution in [1.82, 2.24) is 4.90 Å². The number of carbonyl (C=O) groups is 1. The van der Waals surface area contributed by atoms with Crippen molar-refractivity contribution >= 4 is 16.7 Å². The summed E-state index contributed by atoms with van der Waals surface area (Å²) in [6.07, 6.45) is 0. The summed E-state index contributed by atoms with van der Waals surface area (Å²) in [7, 11) is 0. The van der Waals surface area contributed by atoms with Crippen LogP contribution < -0.4 is 0 Å². The van der Waals surface area contributed by atoms with Crippen molar-refractivity contribution in [2.24, 2.45) is 0 Å². The first-order chi connectivity index (χ1) is 9.11. The number of amides is 1. The summed E-state index contributed by atoms with van der Waals surface area (Å²) in [4.78, 5) is 14.3. The van der Waals surface area contributed by atoms with Gasteiger partial charge in [-0.2, -0.15) is 0 Å². The lowest BCUT2D eigenvalue weighted by Gasteiger charge is -2.21. The zero-order chi connectivity index (χ0) is 13.8. The second-order valence-electron chi connectivity index (χ2n) is 4.84. The molecule has 0 spiro atoms. The Morgan fingerprint density at radius 1 is 1.16 bits per heavy atom. The maximum Gasteiger partial charge on any atom is 0.254 e. The van der Waals surface area contributed by atoms with Crippen LogP contribution in [0, 0.1) is 0 Å². The van der Waals surface area contributed by atoms with Gasteiger partial charge in [0.05, 0.1) is 0 Å². The molecule has 0 bridgehead atoms. The lowest BCUT2D eigenvalue weighted by Crippen LogP contribution is -2.32. The van der Waals surface area contributed by atoms with E-state index in [-0.39, 0.29) is 5.91 Å². The van der Waals surface area contributed by atoms with Crippen LogP contribution in [0.4, 0.5) is 0 Å².